The molecule has 0 aliphatic carbocycles. The lowest BCUT2D eigenvalue weighted by Gasteiger charge is -2.31. The molecule has 0 bridgehead atoms. The van der Waals surface area contributed by atoms with Gasteiger partial charge in [-0.25, -0.2) is 13.2 Å². The van der Waals surface area contributed by atoms with Crippen LogP contribution in [0.4, 0.5) is 10.5 Å². The van der Waals surface area contributed by atoms with Gasteiger partial charge in [-0.1, -0.05) is 6.07 Å². The molecule has 2 amide bonds. The normalized spacial score (nSPS) is 19.3. The first-order valence-electron chi connectivity index (χ1n) is 7.14. The molecule has 2 rings (SSSR count). The molecule has 0 radical (unpaired) electrons. The van der Waals surface area contributed by atoms with Crippen LogP contribution in [0.15, 0.2) is 29.2 Å². The summed E-state index contributed by atoms with van der Waals surface area (Å²) in [5, 5.41) is 5.45. The summed E-state index contributed by atoms with van der Waals surface area (Å²) in [6.45, 7) is 1.18. The second-order valence-electron chi connectivity index (χ2n) is 5.18. The molecule has 0 saturated carbocycles. The van der Waals surface area contributed by atoms with Crippen LogP contribution in [-0.4, -0.2) is 63.6 Å². The molecule has 1 aliphatic heterocycles. The first-order valence-corrected chi connectivity index (χ1v) is 10.2. The van der Waals surface area contributed by atoms with E-state index >= 15 is 0 Å². The molecular weight excluding hydrogens is 338 g/mol. The van der Waals surface area contributed by atoms with E-state index in [4.69, 9.17) is 4.74 Å². The van der Waals surface area contributed by atoms with Gasteiger partial charge in [0.2, 0.25) is 10.0 Å². The van der Waals surface area contributed by atoms with Gasteiger partial charge in [-0.3, -0.25) is 0 Å². The number of amides is 2. The first-order chi connectivity index (χ1) is 10.9. The van der Waals surface area contributed by atoms with E-state index in [-0.39, 0.29) is 25.2 Å². The second kappa shape index (κ2) is 8.00. The molecule has 1 aromatic rings. The van der Waals surface area contributed by atoms with E-state index < -0.39 is 10.0 Å². The van der Waals surface area contributed by atoms with Gasteiger partial charge < -0.3 is 15.4 Å². The van der Waals surface area contributed by atoms with Crippen LogP contribution in [0.3, 0.4) is 0 Å². The van der Waals surface area contributed by atoms with Crippen molar-refractivity contribution in [3.63, 3.8) is 0 Å². The van der Waals surface area contributed by atoms with Crippen LogP contribution >= 0.6 is 11.8 Å². The molecule has 23 heavy (non-hydrogen) atoms. The van der Waals surface area contributed by atoms with Crippen molar-refractivity contribution >= 4 is 33.5 Å². The average molecular weight is 359 g/mol. The molecule has 1 heterocycles. The van der Waals surface area contributed by atoms with Gasteiger partial charge in [0.05, 0.1) is 19.0 Å². The van der Waals surface area contributed by atoms with Crippen LogP contribution in [0.5, 0.6) is 0 Å². The summed E-state index contributed by atoms with van der Waals surface area (Å²) in [7, 11) is -3.23. The quantitative estimate of drug-likeness (QED) is 0.771. The van der Waals surface area contributed by atoms with Crippen molar-refractivity contribution in [2.75, 3.05) is 44.1 Å². The van der Waals surface area contributed by atoms with Crippen molar-refractivity contribution < 1.29 is 17.9 Å². The summed E-state index contributed by atoms with van der Waals surface area (Å²) in [6, 6.07) is 7.18. The Bertz CT molecular complexity index is 651. The number of carbonyl (C=O) groups is 1. The maximum atomic E-state index is 11.9. The highest BCUT2D eigenvalue weighted by molar-refractivity contribution is 7.98. The fraction of sp³-hybridized carbons (Fsp3) is 0.500. The summed E-state index contributed by atoms with van der Waals surface area (Å²) in [4.78, 5) is 13.0. The third-order valence-electron chi connectivity index (χ3n) is 3.39. The Morgan fingerprint density at radius 1 is 1.48 bits per heavy atom. The van der Waals surface area contributed by atoms with Crippen LogP contribution in [0, 0.1) is 0 Å². The van der Waals surface area contributed by atoms with Gasteiger partial charge in [-0.15, -0.1) is 11.8 Å². The van der Waals surface area contributed by atoms with E-state index in [9.17, 15) is 13.2 Å². The molecule has 1 aromatic carbocycles. The predicted octanol–water partition coefficient (Wildman–Crippen LogP) is 1.19. The monoisotopic (exact) mass is 359 g/mol. The number of nitrogens with one attached hydrogen (secondary N) is 2. The van der Waals surface area contributed by atoms with Crippen molar-refractivity contribution in [3.05, 3.63) is 24.3 Å². The zero-order valence-electron chi connectivity index (χ0n) is 13.1. The molecule has 128 valence electrons. The van der Waals surface area contributed by atoms with Gasteiger partial charge in [0.1, 0.15) is 0 Å². The average Bonchev–Trinajstić information content (AvgIpc) is 2.52. The first kappa shape index (κ1) is 18.1. The number of benzene rings is 1. The molecule has 1 atom stereocenters. The summed E-state index contributed by atoms with van der Waals surface area (Å²) >= 11 is 1.59. The van der Waals surface area contributed by atoms with Crippen LogP contribution in [0.2, 0.25) is 0 Å². The second-order valence-corrected chi connectivity index (χ2v) is 8.04. The molecule has 1 saturated heterocycles. The summed E-state index contributed by atoms with van der Waals surface area (Å²) in [5.41, 5.74) is 0.705. The number of carbonyl (C=O) groups excluding carboxylic acids is 1. The lowest BCUT2D eigenvalue weighted by Crippen LogP contribution is -2.49. The van der Waals surface area contributed by atoms with Gasteiger partial charge in [0, 0.05) is 30.2 Å². The third-order valence-corrected chi connectivity index (χ3v) is 5.38. The molecule has 0 spiro atoms. The van der Waals surface area contributed by atoms with E-state index in [1.54, 1.807) is 11.8 Å². The van der Waals surface area contributed by atoms with Crippen molar-refractivity contribution in [1.82, 2.24) is 9.62 Å². The molecule has 1 aliphatic rings. The van der Waals surface area contributed by atoms with Crippen molar-refractivity contribution in [1.29, 1.82) is 0 Å². The highest BCUT2D eigenvalue weighted by atomic mass is 32.2. The summed E-state index contributed by atoms with van der Waals surface area (Å²) in [5.74, 6) is 0. The molecule has 1 unspecified atom stereocenters. The van der Waals surface area contributed by atoms with Crippen LogP contribution in [0.25, 0.3) is 0 Å². The Labute approximate surface area is 140 Å². The molecule has 1 fully saturated rings. The Balaban J connectivity index is 1.82. The molecule has 7 nitrogen and oxygen atoms in total. The maximum absolute atomic E-state index is 11.9. The van der Waals surface area contributed by atoms with Gasteiger partial charge in [0.15, 0.2) is 0 Å². The zero-order chi connectivity index (χ0) is 16.9. The Kier molecular flexibility index (Phi) is 6.28. The zero-order valence-corrected chi connectivity index (χ0v) is 14.7. The van der Waals surface area contributed by atoms with Gasteiger partial charge in [0.25, 0.3) is 0 Å². The number of nitrogens with zero attached hydrogens (tertiary/aromatic N) is 1. The van der Waals surface area contributed by atoms with E-state index in [2.05, 4.69) is 10.6 Å². The smallest absolute Gasteiger partial charge is 0.319 e. The highest BCUT2D eigenvalue weighted by Crippen LogP contribution is 2.18. The predicted molar refractivity (Wildman–Crippen MR) is 91.4 cm³/mol. The van der Waals surface area contributed by atoms with E-state index in [0.717, 1.165) is 4.90 Å². The minimum atomic E-state index is -3.23. The van der Waals surface area contributed by atoms with Crippen molar-refractivity contribution in [2.24, 2.45) is 0 Å². The number of hydrogen-bond donors (Lipinski definition) is 2. The fourth-order valence-electron chi connectivity index (χ4n) is 2.20. The van der Waals surface area contributed by atoms with Gasteiger partial charge in [-0.05, 0) is 24.5 Å². The molecule has 0 aromatic heterocycles. The SMILES string of the molecule is CSc1cccc(NC(=O)NCC2CN(S(C)(=O)=O)CCO2)c1. The number of thioether (sulfide) groups is 1. The van der Waals surface area contributed by atoms with Crippen molar-refractivity contribution in [3.8, 4) is 0 Å². The van der Waals surface area contributed by atoms with E-state index in [1.165, 1.54) is 10.6 Å². The van der Waals surface area contributed by atoms with Crippen LogP contribution < -0.4 is 10.6 Å². The number of morpholine rings is 1. The maximum Gasteiger partial charge on any atom is 0.319 e. The number of anilines is 1. The third kappa shape index (κ3) is 5.69. The molecule has 2 N–H and O–H groups in total. The topological polar surface area (TPSA) is 87.7 Å². The number of urea groups is 1. The number of rotatable bonds is 5. The van der Waals surface area contributed by atoms with Gasteiger partial charge in [-0.2, -0.15) is 4.31 Å². The number of hydrogen-bond acceptors (Lipinski definition) is 5. The minimum absolute atomic E-state index is 0.250. The molecule has 9 heteroatoms. The lowest BCUT2D eigenvalue weighted by atomic mass is 10.3. The largest absolute Gasteiger partial charge is 0.374 e. The summed E-state index contributed by atoms with van der Waals surface area (Å²) < 4.78 is 29.9. The fourth-order valence-corrected chi connectivity index (χ4v) is 3.50. The highest BCUT2D eigenvalue weighted by Gasteiger charge is 2.26. The summed E-state index contributed by atoms with van der Waals surface area (Å²) in [6.07, 6.45) is 2.79. The lowest BCUT2D eigenvalue weighted by molar-refractivity contribution is 0.00167. The molecular formula is C14H21N3O4S2. The standard InChI is InChI=1S/C14H21N3O4S2/c1-22-13-5-3-4-11(8-13)16-14(18)15-9-12-10-17(6-7-21-12)23(2,19)20/h3-5,8,12H,6-7,9-10H2,1-2H3,(H2,15,16,18). The van der Waals surface area contributed by atoms with Gasteiger partial charge >= 0.3 is 6.03 Å². The van der Waals surface area contributed by atoms with E-state index in [0.29, 0.717) is 18.8 Å². The van der Waals surface area contributed by atoms with Crippen LogP contribution in [0.1, 0.15) is 0 Å². The Morgan fingerprint density at radius 2 is 2.26 bits per heavy atom. The Hall–Kier alpha value is -1.29. The van der Waals surface area contributed by atoms with Crippen LogP contribution in [-0.2, 0) is 14.8 Å². The Morgan fingerprint density at radius 3 is 2.96 bits per heavy atom. The number of sulfonamides is 1. The minimum Gasteiger partial charge on any atom is -0.374 e. The van der Waals surface area contributed by atoms with E-state index in [1.807, 2.05) is 30.5 Å². The number of ether oxygens (including phenoxy) is 1. The van der Waals surface area contributed by atoms with Crippen molar-refractivity contribution in [2.45, 2.75) is 11.0 Å².